The van der Waals surface area contributed by atoms with Crippen LogP contribution in [0.5, 0.6) is 11.5 Å². The number of hydrogen-bond donors (Lipinski definition) is 2. The van der Waals surface area contributed by atoms with Gasteiger partial charge in [0.25, 0.3) is 0 Å². The van der Waals surface area contributed by atoms with Crippen LogP contribution in [0, 0.1) is 17.3 Å². The number of hydrogen-bond acceptors (Lipinski definition) is 4. The molecule has 2 fully saturated rings. The summed E-state index contributed by atoms with van der Waals surface area (Å²) in [6.07, 6.45) is 5.48. The minimum atomic E-state index is -0.280. The second kappa shape index (κ2) is 10.1. The van der Waals surface area contributed by atoms with Gasteiger partial charge >= 0.3 is 0 Å². The molecule has 3 aliphatic carbocycles. The average molecular weight is 482 g/mol. The van der Waals surface area contributed by atoms with E-state index in [9.17, 15) is 14.6 Å². The van der Waals surface area contributed by atoms with Crippen LogP contribution in [0.4, 0.5) is 4.39 Å². The lowest BCUT2D eigenvalue weighted by Crippen LogP contribution is -2.47. The van der Waals surface area contributed by atoms with Crippen LogP contribution in [0.3, 0.4) is 0 Å². The molecule has 2 saturated carbocycles. The van der Waals surface area contributed by atoms with Crippen LogP contribution in [-0.4, -0.2) is 54.6 Å². The first-order chi connectivity index (χ1) is 16.9. The lowest BCUT2D eigenvalue weighted by molar-refractivity contribution is -0.0323. The van der Waals surface area contributed by atoms with E-state index in [2.05, 4.69) is 42.2 Å². The molecule has 0 radical (unpaired) electrons. The number of phenols is 1. The van der Waals surface area contributed by atoms with Crippen molar-refractivity contribution in [2.24, 2.45) is 17.3 Å². The third-order valence-electron chi connectivity index (χ3n) is 9.39. The van der Waals surface area contributed by atoms with Crippen molar-refractivity contribution in [3.63, 3.8) is 0 Å². The predicted octanol–water partition coefficient (Wildman–Crippen LogP) is 5.67. The first-order valence-electron chi connectivity index (χ1n) is 13.4. The smallest absolute Gasteiger partial charge is 0.119 e. The number of aliphatic hydroxyl groups excluding tert-OH is 1. The van der Waals surface area contributed by atoms with Crippen molar-refractivity contribution in [2.75, 3.05) is 33.4 Å². The number of likely N-dealkylation sites (N-methyl/N-ethyl adjacent to an activating group) is 1. The first kappa shape index (κ1) is 24.6. The summed E-state index contributed by atoms with van der Waals surface area (Å²) in [7, 11) is 1.99. The molecule has 0 saturated heterocycles. The van der Waals surface area contributed by atoms with Gasteiger partial charge in [-0.05, 0) is 116 Å². The molecule has 0 spiro atoms. The van der Waals surface area contributed by atoms with Gasteiger partial charge in [-0.2, -0.15) is 0 Å². The number of rotatable bonds is 8. The largest absolute Gasteiger partial charge is 0.508 e. The molecule has 6 atom stereocenters. The Labute approximate surface area is 209 Å². The minimum absolute atomic E-state index is 0.0420. The fourth-order valence-corrected chi connectivity index (χ4v) is 7.57. The second-order valence-electron chi connectivity index (χ2n) is 11.4. The summed E-state index contributed by atoms with van der Waals surface area (Å²) in [5.41, 5.74) is 3.95. The summed E-state index contributed by atoms with van der Waals surface area (Å²) in [6.45, 7) is 4.14. The minimum Gasteiger partial charge on any atom is -0.508 e. The summed E-state index contributed by atoms with van der Waals surface area (Å²) in [6, 6.07) is 14.5. The number of phenolic OH excluding ortho intramolecular Hbond substituents is 1. The highest BCUT2D eigenvalue weighted by molar-refractivity contribution is 5.43. The van der Waals surface area contributed by atoms with Gasteiger partial charge in [0.2, 0.25) is 0 Å². The van der Waals surface area contributed by atoms with E-state index >= 15 is 0 Å². The van der Waals surface area contributed by atoms with Crippen LogP contribution in [0.25, 0.3) is 0 Å². The maximum Gasteiger partial charge on any atom is 0.119 e. The third kappa shape index (κ3) is 4.70. The Morgan fingerprint density at radius 3 is 2.66 bits per heavy atom. The highest BCUT2D eigenvalue weighted by Crippen LogP contribution is 2.65. The van der Waals surface area contributed by atoms with Crippen molar-refractivity contribution in [1.29, 1.82) is 0 Å². The molecule has 0 bridgehead atoms. The molecule has 5 heteroatoms. The Kier molecular flexibility index (Phi) is 7.09. The van der Waals surface area contributed by atoms with Gasteiger partial charge in [0, 0.05) is 13.1 Å². The number of alkyl halides is 1. The molecular formula is C30H40FNO3. The summed E-state index contributed by atoms with van der Waals surface area (Å²) < 4.78 is 18.3. The molecule has 0 aromatic heterocycles. The molecule has 5 rings (SSSR count). The molecule has 35 heavy (non-hydrogen) atoms. The normalized spacial score (nSPS) is 31.6. The van der Waals surface area contributed by atoms with E-state index < -0.39 is 0 Å². The van der Waals surface area contributed by atoms with Crippen molar-refractivity contribution in [1.82, 2.24) is 4.90 Å². The fourth-order valence-electron chi connectivity index (χ4n) is 7.57. The standard InChI is InChI=1S/C30H40FNO3/c1-30-19-26(20-4-8-23(9-5-20)35-17-16-32(2)15-3-14-31)29-24-11-7-22(33)18-21(24)6-10-25(29)27(30)12-13-28(30)34/h4-5,7-9,11,18,25-29,33-34H,3,6,10,12-17,19H2,1-2H3/t25?,26-,27?,28+,29?,30+/m1/s1. The number of benzene rings is 2. The van der Waals surface area contributed by atoms with Gasteiger partial charge in [-0.3, -0.25) is 4.39 Å². The molecule has 2 aromatic carbocycles. The number of ether oxygens (including phenoxy) is 1. The molecule has 0 amide bonds. The Morgan fingerprint density at radius 2 is 1.89 bits per heavy atom. The van der Waals surface area contributed by atoms with Gasteiger partial charge in [-0.15, -0.1) is 0 Å². The average Bonchev–Trinajstić information content (AvgIpc) is 3.16. The van der Waals surface area contributed by atoms with Crippen LogP contribution in [-0.2, 0) is 6.42 Å². The Bertz CT molecular complexity index is 1010. The second-order valence-corrected chi connectivity index (χ2v) is 11.4. The van der Waals surface area contributed by atoms with Gasteiger partial charge < -0.3 is 19.8 Å². The molecular weight excluding hydrogens is 441 g/mol. The van der Waals surface area contributed by atoms with Crippen molar-refractivity contribution >= 4 is 0 Å². The maximum absolute atomic E-state index is 12.4. The Hall–Kier alpha value is -2.11. The first-order valence-corrected chi connectivity index (χ1v) is 13.4. The Morgan fingerprint density at radius 1 is 1.09 bits per heavy atom. The topological polar surface area (TPSA) is 52.9 Å². The van der Waals surface area contributed by atoms with E-state index in [1.54, 1.807) is 0 Å². The van der Waals surface area contributed by atoms with E-state index in [4.69, 9.17) is 4.74 Å². The van der Waals surface area contributed by atoms with E-state index in [1.807, 2.05) is 19.2 Å². The lowest BCUT2D eigenvalue weighted by atomic mass is 9.51. The molecule has 4 nitrogen and oxygen atoms in total. The van der Waals surface area contributed by atoms with Gasteiger partial charge in [0.1, 0.15) is 18.1 Å². The van der Waals surface area contributed by atoms with Gasteiger partial charge in [-0.25, -0.2) is 0 Å². The van der Waals surface area contributed by atoms with E-state index in [-0.39, 0.29) is 18.2 Å². The predicted molar refractivity (Wildman–Crippen MR) is 137 cm³/mol. The van der Waals surface area contributed by atoms with E-state index in [0.29, 0.717) is 42.4 Å². The number of aromatic hydroxyl groups is 1. The molecule has 0 heterocycles. The quantitative estimate of drug-likeness (QED) is 0.510. The highest BCUT2D eigenvalue weighted by Gasteiger charge is 2.57. The zero-order chi connectivity index (χ0) is 24.6. The number of aryl methyl sites for hydroxylation is 1. The SMILES string of the molecule is CN(CCCF)CCOc1ccc([C@H]2C[C@@]3(C)C(CC[C@@H]3O)C3CCc4cc(O)ccc4C32)cc1. The van der Waals surface area contributed by atoms with Crippen LogP contribution < -0.4 is 4.74 Å². The fraction of sp³-hybridized carbons (Fsp3) is 0.600. The molecule has 2 aromatic rings. The van der Waals surface area contributed by atoms with E-state index in [1.165, 1.54) is 16.7 Å². The number of nitrogens with zero attached hydrogens (tertiary/aromatic N) is 1. The highest BCUT2D eigenvalue weighted by atomic mass is 19.1. The molecule has 0 aliphatic heterocycles. The summed E-state index contributed by atoms with van der Waals surface area (Å²) in [5.74, 6) is 3.07. The van der Waals surface area contributed by atoms with Crippen molar-refractivity contribution in [2.45, 2.75) is 63.4 Å². The molecule has 2 N–H and O–H groups in total. The summed E-state index contributed by atoms with van der Waals surface area (Å²) in [4.78, 5) is 2.10. The monoisotopic (exact) mass is 481 g/mol. The zero-order valence-corrected chi connectivity index (χ0v) is 21.1. The molecule has 190 valence electrons. The van der Waals surface area contributed by atoms with Gasteiger partial charge in [-0.1, -0.05) is 25.1 Å². The molecule has 3 aliphatic rings. The number of halogens is 1. The molecule has 3 unspecified atom stereocenters. The number of fused-ring (bicyclic) bond motifs is 5. The number of aliphatic hydroxyl groups is 1. The van der Waals surface area contributed by atoms with Crippen molar-refractivity contribution in [3.8, 4) is 11.5 Å². The maximum atomic E-state index is 12.4. The Balaban J connectivity index is 1.38. The van der Waals surface area contributed by atoms with Gasteiger partial charge in [0.15, 0.2) is 0 Å². The van der Waals surface area contributed by atoms with Gasteiger partial charge in [0.05, 0.1) is 12.8 Å². The zero-order valence-electron chi connectivity index (χ0n) is 21.1. The van der Waals surface area contributed by atoms with Crippen LogP contribution in [0.15, 0.2) is 42.5 Å². The van der Waals surface area contributed by atoms with Crippen LogP contribution in [0.2, 0.25) is 0 Å². The summed E-state index contributed by atoms with van der Waals surface area (Å²) >= 11 is 0. The van der Waals surface area contributed by atoms with Crippen LogP contribution in [0.1, 0.15) is 67.6 Å². The summed E-state index contributed by atoms with van der Waals surface area (Å²) in [5, 5.41) is 21.1. The third-order valence-corrected chi connectivity index (χ3v) is 9.39. The van der Waals surface area contributed by atoms with Crippen molar-refractivity contribution < 1.29 is 19.3 Å². The van der Waals surface area contributed by atoms with Crippen LogP contribution >= 0.6 is 0 Å². The van der Waals surface area contributed by atoms with E-state index in [0.717, 1.165) is 50.9 Å². The lowest BCUT2D eigenvalue weighted by Gasteiger charge is -2.54. The van der Waals surface area contributed by atoms with Crippen molar-refractivity contribution in [3.05, 3.63) is 59.2 Å².